The summed E-state index contributed by atoms with van der Waals surface area (Å²) in [7, 11) is 3.07. The molecule has 1 atom stereocenters. The first-order valence-electron chi connectivity index (χ1n) is 11.4. The average Bonchev–Trinajstić information content (AvgIpc) is 2.88. The highest BCUT2D eigenvalue weighted by molar-refractivity contribution is 5.91. The zero-order chi connectivity index (χ0) is 24.4. The molecule has 178 valence electrons. The quantitative estimate of drug-likeness (QED) is 0.441. The van der Waals surface area contributed by atoms with Gasteiger partial charge in [0, 0.05) is 18.3 Å². The van der Waals surface area contributed by atoms with Gasteiger partial charge in [0.05, 0.1) is 37.6 Å². The second-order valence-corrected chi connectivity index (χ2v) is 8.39. The number of methoxy groups -OCH3 is 2. The maximum absolute atomic E-state index is 13.0. The zero-order valence-corrected chi connectivity index (χ0v) is 19.6. The van der Waals surface area contributed by atoms with E-state index in [0.717, 1.165) is 17.7 Å². The first-order valence-corrected chi connectivity index (χ1v) is 11.4. The topological polar surface area (TPSA) is 96.5 Å². The highest BCUT2D eigenvalue weighted by Crippen LogP contribution is 2.36. The molecule has 2 heterocycles. The molecule has 5 rings (SSSR count). The van der Waals surface area contributed by atoms with Gasteiger partial charge < -0.3 is 19.7 Å². The molecule has 1 amide bonds. The maximum Gasteiger partial charge on any atom is 0.260 e. The fourth-order valence-corrected chi connectivity index (χ4v) is 4.62. The van der Waals surface area contributed by atoms with Crippen molar-refractivity contribution in [2.75, 3.05) is 31.0 Å². The molecule has 0 saturated heterocycles. The predicted molar refractivity (Wildman–Crippen MR) is 135 cm³/mol. The number of nitrogens with zero attached hydrogens (tertiary/aromatic N) is 2. The second-order valence-electron chi connectivity index (χ2n) is 8.39. The summed E-state index contributed by atoms with van der Waals surface area (Å²) in [5, 5.41) is 3.38. The molecule has 0 aliphatic carbocycles. The largest absolute Gasteiger partial charge is 0.493 e. The minimum Gasteiger partial charge on any atom is -0.493 e. The monoisotopic (exact) mass is 470 g/mol. The van der Waals surface area contributed by atoms with E-state index in [0.29, 0.717) is 34.9 Å². The van der Waals surface area contributed by atoms with Crippen molar-refractivity contribution in [3.8, 4) is 11.5 Å². The Morgan fingerprint density at radius 1 is 1.06 bits per heavy atom. The number of aromatic amines is 1. The molecule has 8 nitrogen and oxygen atoms in total. The minimum atomic E-state index is -0.288. The van der Waals surface area contributed by atoms with Crippen molar-refractivity contribution in [1.82, 2.24) is 9.97 Å². The summed E-state index contributed by atoms with van der Waals surface area (Å²) in [4.78, 5) is 35.8. The van der Waals surface area contributed by atoms with Gasteiger partial charge in [-0.25, -0.2) is 4.98 Å². The Hall–Kier alpha value is -4.33. The molecular weight excluding hydrogens is 444 g/mol. The van der Waals surface area contributed by atoms with Crippen molar-refractivity contribution < 1.29 is 14.3 Å². The molecule has 1 aliphatic heterocycles. The third-order valence-electron chi connectivity index (χ3n) is 6.32. The SMILES string of the molecule is COc1cc2nc(N3CCc4ccccc4C3CC(=O)Nc3ccccc3)[nH]c(=O)c2cc1OC. The van der Waals surface area contributed by atoms with Crippen LogP contribution in [0.25, 0.3) is 10.9 Å². The van der Waals surface area contributed by atoms with E-state index >= 15 is 0 Å². The third-order valence-corrected chi connectivity index (χ3v) is 6.32. The van der Waals surface area contributed by atoms with Crippen molar-refractivity contribution in [3.05, 3.63) is 88.2 Å². The van der Waals surface area contributed by atoms with E-state index in [1.54, 1.807) is 19.2 Å². The summed E-state index contributed by atoms with van der Waals surface area (Å²) in [5.74, 6) is 1.26. The Balaban J connectivity index is 1.54. The molecule has 4 aromatic rings. The highest BCUT2D eigenvalue weighted by atomic mass is 16.5. The molecule has 1 unspecified atom stereocenters. The predicted octanol–water partition coefficient (Wildman–Crippen LogP) is 4.07. The molecule has 0 fully saturated rings. The average molecular weight is 471 g/mol. The Morgan fingerprint density at radius 2 is 1.77 bits per heavy atom. The number of carbonyl (C=O) groups excluding carboxylic acids is 1. The van der Waals surface area contributed by atoms with Crippen LogP contribution in [-0.2, 0) is 11.2 Å². The molecular formula is C27H26N4O4. The second kappa shape index (κ2) is 9.50. The molecule has 0 radical (unpaired) electrons. The number of anilines is 2. The maximum atomic E-state index is 13.0. The number of hydrogen-bond acceptors (Lipinski definition) is 6. The van der Waals surface area contributed by atoms with Gasteiger partial charge in [-0.15, -0.1) is 0 Å². The van der Waals surface area contributed by atoms with Gasteiger partial charge in [-0.2, -0.15) is 0 Å². The van der Waals surface area contributed by atoms with E-state index < -0.39 is 0 Å². The van der Waals surface area contributed by atoms with Gasteiger partial charge in [0.2, 0.25) is 11.9 Å². The van der Waals surface area contributed by atoms with E-state index in [2.05, 4.69) is 16.4 Å². The van der Waals surface area contributed by atoms with Gasteiger partial charge in [-0.05, 0) is 35.7 Å². The van der Waals surface area contributed by atoms with Crippen LogP contribution in [0.5, 0.6) is 11.5 Å². The van der Waals surface area contributed by atoms with Gasteiger partial charge in [0.15, 0.2) is 11.5 Å². The molecule has 2 N–H and O–H groups in total. The molecule has 3 aromatic carbocycles. The van der Waals surface area contributed by atoms with E-state index in [4.69, 9.17) is 14.5 Å². The summed E-state index contributed by atoms with van der Waals surface area (Å²) in [5.41, 5.74) is 3.20. The number of H-pyrrole nitrogens is 1. The lowest BCUT2D eigenvalue weighted by Crippen LogP contribution is -2.39. The number of aromatic nitrogens is 2. The van der Waals surface area contributed by atoms with E-state index in [-0.39, 0.29) is 23.9 Å². The van der Waals surface area contributed by atoms with E-state index in [1.165, 1.54) is 12.7 Å². The lowest BCUT2D eigenvalue weighted by Gasteiger charge is -2.37. The number of carbonyl (C=O) groups is 1. The van der Waals surface area contributed by atoms with Crippen molar-refractivity contribution in [2.45, 2.75) is 18.9 Å². The number of amides is 1. The van der Waals surface area contributed by atoms with Gasteiger partial charge >= 0.3 is 0 Å². The Labute approximate surface area is 202 Å². The lowest BCUT2D eigenvalue weighted by molar-refractivity contribution is -0.116. The minimum absolute atomic E-state index is 0.113. The van der Waals surface area contributed by atoms with Crippen molar-refractivity contribution in [2.24, 2.45) is 0 Å². The molecule has 8 heteroatoms. The summed E-state index contributed by atoms with van der Waals surface area (Å²) in [6.45, 7) is 0.613. The first kappa shape index (κ1) is 22.5. The number of rotatable bonds is 6. The first-order chi connectivity index (χ1) is 17.1. The number of nitrogens with one attached hydrogen (secondary N) is 2. The van der Waals surface area contributed by atoms with Gasteiger partial charge in [-0.3, -0.25) is 14.6 Å². The van der Waals surface area contributed by atoms with Crippen LogP contribution in [0.4, 0.5) is 11.6 Å². The van der Waals surface area contributed by atoms with Gasteiger partial charge in [0.1, 0.15) is 0 Å². The van der Waals surface area contributed by atoms with Crippen LogP contribution >= 0.6 is 0 Å². The Kier molecular flexibility index (Phi) is 6.10. The summed E-state index contributed by atoms with van der Waals surface area (Å²) in [6, 6.07) is 20.5. The van der Waals surface area contributed by atoms with Crippen LogP contribution in [0.15, 0.2) is 71.5 Å². The molecule has 0 bridgehead atoms. The molecule has 0 spiro atoms. The van der Waals surface area contributed by atoms with Gasteiger partial charge in [0.25, 0.3) is 5.56 Å². The van der Waals surface area contributed by atoms with Crippen molar-refractivity contribution in [1.29, 1.82) is 0 Å². The fourth-order valence-electron chi connectivity index (χ4n) is 4.62. The number of para-hydroxylation sites is 1. The summed E-state index contributed by atoms with van der Waals surface area (Å²) in [6.07, 6.45) is 0.986. The van der Waals surface area contributed by atoms with Crippen LogP contribution in [-0.4, -0.2) is 36.6 Å². The van der Waals surface area contributed by atoms with Crippen LogP contribution in [0.3, 0.4) is 0 Å². The number of hydrogen-bond donors (Lipinski definition) is 2. The molecule has 1 aromatic heterocycles. The van der Waals surface area contributed by atoms with E-state index in [1.807, 2.05) is 53.4 Å². The van der Waals surface area contributed by atoms with Crippen LogP contribution in [0.2, 0.25) is 0 Å². The van der Waals surface area contributed by atoms with Crippen LogP contribution in [0.1, 0.15) is 23.6 Å². The smallest absolute Gasteiger partial charge is 0.260 e. The summed E-state index contributed by atoms with van der Waals surface area (Å²) >= 11 is 0. The third kappa shape index (κ3) is 4.42. The van der Waals surface area contributed by atoms with Crippen molar-refractivity contribution in [3.63, 3.8) is 0 Å². The van der Waals surface area contributed by atoms with Gasteiger partial charge in [-0.1, -0.05) is 42.5 Å². The van der Waals surface area contributed by atoms with Crippen LogP contribution in [0, 0.1) is 0 Å². The molecule has 1 aliphatic rings. The normalized spacial score (nSPS) is 14.9. The fraction of sp³-hybridized carbons (Fsp3) is 0.222. The summed E-state index contributed by atoms with van der Waals surface area (Å²) < 4.78 is 10.7. The van der Waals surface area contributed by atoms with E-state index in [9.17, 15) is 9.59 Å². The highest BCUT2D eigenvalue weighted by Gasteiger charge is 2.31. The van der Waals surface area contributed by atoms with Crippen molar-refractivity contribution >= 4 is 28.4 Å². The molecule has 35 heavy (non-hydrogen) atoms. The lowest BCUT2D eigenvalue weighted by atomic mass is 9.90. The standard InChI is InChI=1S/C27H26N4O4/c1-34-23-14-20-21(15-24(23)35-2)29-27(30-26(20)33)31-13-12-17-8-6-7-11-19(17)22(31)16-25(32)28-18-9-4-3-5-10-18/h3-11,14-15,22H,12-13,16H2,1-2H3,(H,28,32)(H,29,30,33). The van der Waals surface area contributed by atoms with Crippen LogP contribution < -0.4 is 25.2 Å². The number of fused-ring (bicyclic) bond motifs is 2. The Bertz CT molecular complexity index is 1430. The Morgan fingerprint density at radius 3 is 2.54 bits per heavy atom. The number of benzene rings is 3. The number of ether oxygens (including phenoxy) is 2. The zero-order valence-electron chi connectivity index (χ0n) is 19.6. The molecule has 0 saturated carbocycles.